The second-order valence-electron chi connectivity index (χ2n) is 7.49. The lowest BCUT2D eigenvalue weighted by molar-refractivity contribution is 0.561. The Morgan fingerprint density at radius 1 is 1.00 bits per heavy atom. The zero-order chi connectivity index (χ0) is 15.7. The number of benzene rings is 1. The molecule has 0 unspecified atom stereocenters. The van der Waals surface area contributed by atoms with Gasteiger partial charge in [0.2, 0.25) is 0 Å². The molecule has 0 amide bonds. The summed E-state index contributed by atoms with van der Waals surface area (Å²) in [6.07, 6.45) is 4.09. The van der Waals surface area contributed by atoms with E-state index in [2.05, 4.69) is 66.7 Å². The summed E-state index contributed by atoms with van der Waals surface area (Å²) in [7, 11) is 0. The first-order valence-corrected chi connectivity index (χ1v) is 8.36. The molecule has 112 valence electrons. The van der Waals surface area contributed by atoms with Crippen LogP contribution in [0.2, 0.25) is 0 Å². The lowest BCUT2D eigenvalue weighted by Crippen LogP contribution is -2.20. The molecule has 0 aliphatic carbocycles. The van der Waals surface area contributed by atoms with Crippen molar-refractivity contribution in [3.05, 3.63) is 39.4 Å². The molecule has 20 heavy (non-hydrogen) atoms. The molecule has 0 heterocycles. The van der Waals surface area contributed by atoms with E-state index in [9.17, 15) is 0 Å². The van der Waals surface area contributed by atoms with Gasteiger partial charge in [-0.15, -0.1) is 11.8 Å². The van der Waals surface area contributed by atoms with Crippen molar-refractivity contribution < 1.29 is 0 Å². The second kappa shape index (κ2) is 5.85. The lowest BCUT2D eigenvalue weighted by atomic mass is 9.76. The minimum Gasteiger partial charge on any atom is -0.394 e. The fourth-order valence-corrected chi connectivity index (χ4v) is 2.86. The fourth-order valence-electron chi connectivity index (χ4n) is 2.60. The van der Waals surface area contributed by atoms with E-state index in [0.29, 0.717) is 0 Å². The molecular formula is C18H29NS. The minimum absolute atomic E-state index is 0.141. The molecule has 0 saturated heterocycles. The maximum absolute atomic E-state index is 5.99. The van der Waals surface area contributed by atoms with Crippen LogP contribution >= 0.6 is 11.8 Å². The van der Waals surface area contributed by atoms with Gasteiger partial charge >= 0.3 is 0 Å². The third-order valence-electron chi connectivity index (χ3n) is 3.59. The van der Waals surface area contributed by atoms with Crippen LogP contribution in [0.5, 0.6) is 0 Å². The molecule has 0 spiro atoms. The molecule has 2 heteroatoms. The highest BCUT2D eigenvalue weighted by Crippen LogP contribution is 2.35. The van der Waals surface area contributed by atoms with E-state index in [0.717, 1.165) is 5.03 Å². The van der Waals surface area contributed by atoms with Gasteiger partial charge in [-0.25, -0.2) is 0 Å². The highest BCUT2D eigenvalue weighted by Gasteiger charge is 2.24. The average molecular weight is 292 g/mol. The largest absolute Gasteiger partial charge is 0.394 e. The smallest absolute Gasteiger partial charge is 0.0658 e. The van der Waals surface area contributed by atoms with Gasteiger partial charge in [-0.05, 0) is 52.3 Å². The van der Waals surface area contributed by atoms with E-state index in [1.54, 1.807) is 11.8 Å². The molecule has 0 aliphatic rings. The van der Waals surface area contributed by atoms with Crippen molar-refractivity contribution in [2.75, 3.05) is 6.26 Å². The van der Waals surface area contributed by atoms with Gasteiger partial charge in [0.15, 0.2) is 0 Å². The first-order chi connectivity index (χ1) is 8.96. The molecule has 0 atom stereocenters. The Kier molecular flexibility index (Phi) is 5.02. The number of thioether (sulfide) groups is 1. The minimum atomic E-state index is 0.141. The van der Waals surface area contributed by atoms with Crippen molar-refractivity contribution in [1.82, 2.24) is 0 Å². The Morgan fingerprint density at radius 3 is 1.70 bits per heavy atom. The average Bonchev–Trinajstić information content (AvgIpc) is 2.28. The lowest BCUT2D eigenvalue weighted by Gasteiger charge is -2.29. The van der Waals surface area contributed by atoms with Crippen molar-refractivity contribution in [3.63, 3.8) is 0 Å². The van der Waals surface area contributed by atoms with Gasteiger partial charge in [0.1, 0.15) is 0 Å². The van der Waals surface area contributed by atoms with Crippen LogP contribution in [0, 0.1) is 6.92 Å². The SMILES string of the molecule is CS/C(N)=C\c1cc(C(C)(C)C)c(C)c(C(C)(C)C)c1. The van der Waals surface area contributed by atoms with Gasteiger partial charge < -0.3 is 5.73 Å². The third-order valence-corrected chi connectivity index (χ3v) is 4.18. The van der Waals surface area contributed by atoms with E-state index in [1.165, 1.54) is 22.3 Å². The summed E-state index contributed by atoms with van der Waals surface area (Å²) in [4.78, 5) is 0. The number of nitrogens with two attached hydrogens (primary N) is 1. The Hall–Kier alpha value is -0.890. The second-order valence-corrected chi connectivity index (χ2v) is 8.37. The summed E-state index contributed by atoms with van der Waals surface area (Å²) in [5.41, 5.74) is 11.7. The molecule has 0 radical (unpaired) electrons. The van der Waals surface area contributed by atoms with E-state index >= 15 is 0 Å². The van der Waals surface area contributed by atoms with Gasteiger partial charge in [-0.3, -0.25) is 0 Å². The molecule has 0 aliphatic heterocycles. The molecule has 0 aromatic heterocycles. The van der Waals surface area contributed by atoms with Crippen LogP contribution < -0.4 is 5.73 Å². The summed E-state index contributed by atoms with van der Waals surface area (Å²) in [6, 6.07) is 4.57. The van der Waals surface area contributed by atoms with E-state index < -0.39 is 0 Å². The van der Waals surface area contributed by atoms with Crippen LogP contribution in [0.3, 0.4) is 0 Å². The molecule has 0 bridgehead atoms. The van der Waals surface area contributed by atoms with Crippen LogP contribution in [0.1, 0.15) is 63.8 Å². The molecule has 1 aromatic rings. The quantitative estimate of drug-likeness (QED) is 0.809. The molecule has 0 saturated carbocycles. The molecule has 1 aromatic carbocycles. The van der Waals surface area contributed by atoms with Gasteiger partial charge in [-0.2, -0.15) is 0 Å². The normalized spacial score (nSPS) is 13.7. The monoisotopic (exact) mass is 291 g/mol. The maximum Gasteiger partial charge on any atom is 0.0658 e. The number of hydrogen-bond acceptors (Lipinski definition) is 2. The van der Waals surface area contributed by atoms with Crippen LogP contribution in [0.4, 0.5) is 0 Å². The van der Waals surface area contributed by atoms with Crippen molar-refractivity contribution >= 4 is 17.8 Å². The van der Waals surface area contributed by atoms with Crippen molar-refractivity contribution in [1.29, 1.82) is 0 Å². The predicted molar refractivity (Wildman–Crippen MR) is 94.3 cm³/mol. The van der Waals surface area contributed by atoms with Crippen molar-refractivity contribution in [3.8, 4) is 0 Å². The summed E-state index contributed by atoms with van der Waals surface area (Å²) < 4.78 is 0. The van der Waals surface area contributed by atoms with Gasteiger partial charge in [0, 0.05) is 0 Å². The Morgan fingerprint density at radius 2 is 1.40 bits per heavy atom. The van der Waals surface area contributed by atoms with Crippen LogP contribution in [-0.2, 0) is 10.8 Å². The van der Waals surface area contributed by atoms with E-state index in [4.69, 9.17) is 5.73 Å². The first kappa shape index (κ1) is 17.2. The van der Waals surface area contributed by atoms with E-state index in [1.807, 2.05) is 6.26 Å². The molecule has 2 N–H and O–H groups in total. The molecule has 1 nitrogen and oxygen atoms in total. The zero-order valence-electron chi connectivity index (χ0n) is 14.2. The first-order valence-electron chi connectivity index (χ1n) is 7.13. The number of rotatable bonds is 2. The topological polar surface area (TPSA) is 26.0 Å². The molecule has 0 fully saturated rings. The Balaban J connectivity index is 3.59. The molecule has 1 rings (SSSR count). The summed E-state index contributed by atoms with van der Waals surface area (Å²) in [5.74, 6) is 0. The third kappa shape index (κ3) is 4.05. The Bertz CT molecular complexity index is 478. The van der Waals surface area contributed by atoms with Crippen LogP contribution in [0.15, 0.2) is 17.2 Å². The Labute approximate surface area is 129 Å². The van der Waals surface area contributed by atoms with Crippen LogP contribution in [-0.4, -0.2) is 6.26 Å². The number of hydrogen-bond donors (Lipinski definition) is 1. The fraction of sp³-hybridized carbons (Fsp3) is 0.556. The van der Waals surface area contributed by atoms with Gasteiger partial charge in [-0.1, -0.05) is 53.7 Å². The highest BCUT2D eigenvalue weighted by atomic mass is 32.2. The van der Waals surface area contributed by atoms with Gasteiger partial charge in [0.25, 0.3) is 0 Å². The highest BCUT2D eigenvalue weighted by molar-refractivity contribution is 8.02. The predicted octanol–water partition coefficient (Wildman–Crippen LogP) is 5.21. The summed E-state index contributed by atoms with van der Waals surface area (Å²) in [6.45, 7) is 15.9. The van der Waals surface area contributed by atoms with Gasteiger partial charge in [0.05, 0.1) is 5.03 Å². The zero-order valence-corrected chi connectivity index (χ0v) is 15.0. The summed E-state index contributed by atoms with van der Waals surface area (Å²) in [5, 5.41) is 0.855. The maximum atomic E-state index is 5.99. The summed E-state index contributed by atoms with van der Waals surface area (Å²) >= 11 is 1.59. The van der Waals surface area contributed by atoms with Crippen molar-refractivity contribution in [2.45, 2.75) is 59.3 Å². The molecular weight excluding hydrogens is 262 g/mol. The van der Waals surface area contributed by atoms with E-state index in [-0.39, 0.29) is 10.8 Å². The van der Waals surface area contributed by atoms with Crippen LogP contribution in [0.25, 0.3) is 6.08 Å². The van der Waals surface area contributed by atoms with Crippen molar-refractivity contribution in [2.24, 2.45) is 5.73 Å². The standard InChI is InChI=1S/C18H29NS/c1-12-14(17(2,3)4)9-13(11-16(19)20-8)10-15(12)18(5,6)7/h9-11H,19H2,1-8H3/b16-11-.